The van der Waals surface area contributed by atoms with Crippen molar-refractivity contribution in [3.8, 4) is 0 Å². The van der Waals surface area contributed by atoms with Gasteiger partial charge in [-0.2, -0.15) is 0 Å². The smallest absolute Gasteiger partial charge is 0.350 e. The zero-order chi connectivity index (χ0) is 13.4. The van der Waals surface area contributed by atoms with Crippen molar-refractivity contribution in [1.29, 1.82) is 0 Å². The highest BCUT2D eigenvalue weighted by atomic mass is 19.1. The maximum absolute atomic E-state index is 13.8. The van der Waals surface area contributed by atoms with Gasteiger partial charge < -0.3 is 5.73 Å². The van der Waals surface area contributed by atoms with E-state index in [9.17, 15) is 9.18 Å². The lowest BCUT2D eigenvalue weighted by Crippen LogP contribution is -2.22. The van der Waals surface area contributed by atoms with Gasteiger partial charge in [0.1, 0.15) is 0 Å². The molecule has 0 radical (unpaired) electrons. The van der Waals surface area contributed by atoms with Crippen molar-refractivity contribution in [2.24, 2.45) is 0 Å². The van der Waals surface area contributed by atoms with Crippen LogP contribution < -0.4 is 11.4 Å². The lowest BCUT2D eigenvalue weighted by Gasteiger charge is -2.04. The molecule has 5 nitrogen and oxygen atoms in total. The molecule has 2 aromatic heterocycles. The molecule has 0 aliphatic heterocycles. The Morgan fingerprint density at radius 2 is 2.05 bits per heavy atom. The summed E-state index contributed by atoms with van der Waals surface area (Å²) in [5.41, 5.74) is 6.12. The molecule has 0 aliphatic carbocycles. The molecule has 2 heterocycles. The molecule has 0 saturated carbocycles. The minimum atomic E-state index is -0.508. The first-order chi connectivity index (χ1) is 9.16. The van der Waals surface area contributed by atoms with Gasteiger partial charge in [-0.15, -0.1) is 5.10 Å². The number of fused-ring (bicyclic) bond motifs is 1. The molecule has 0 spiro atoms. The maximum atomic E-state index is 13.8. The Balaban J connectivity index is 2.09. The molecule has 3 aromatic rings. The molecule has 3 rings (SSSR count). The molecule has 0 saturated heterocycles. The molecule has 0 aliphatic rings. The maximum Gasteiger partial charge on any atom is 0.350 e. The van der Waals surface area contributed by atoms with Crippen LogP contribution in [-0.4, -0.2) is 14.2 Å². The summed E-state index contributed by atoms with van der Waals surface area (Å²) >= 11 is 0. The third-order valence-electron chi connectivity index (χ3n) is 2.92. The van der Waals surface area contributed by atoms with Gasteiger partial charge in [-0.05, 0) is 18.2 Å². The van der Waals surface area contributed by atoms with Gasteiger partial charge in [-0.1, -0.05) is 18.2 Å². The van der Waals surface area contributed by atoms with Gasteiger partial charge in [0.15, 0.2) is 11.5 Å². The predicted octanol–water partition coefficient (Wildman–Crippen LogP) is 1.27. The summed E-state index contributed by atoms with van der Waals surface area (Å²) in [7, 11) is 0. The van der Waals surface area contributed by atoms with E-state index in [1.807, 2.05) is 0 Å². The number of halogens is 1. The molecule has 0 atom stereocenters. The number of anilines is 1. The van der Waals surface area contributed by atoms with Gasteiger partial charge in [-0.3, -0.25) is 4.40 Å². The topological polar surface area (TPSA) is 65.3 Å². The highest BCUT2D eigenvalue weighted by molar-refractivity contribution is 5.43. The molecule has 1 aromatic carbocycles. The van der Waals surface area contributed by atoms with E-state index in [1.54, 1.807) is 36.5 Å². The van der Waals surface area contributed by atoms with E-state index < -0.39 is 5.82 Å². The first-order valence-electron chi connectivity index (χ1n) is 5.74. The summed E-state index contributed by atoms with van der Waals surface area (Å²) in [6, 6.07) is 9.95. The van der Waals surface area contributed by atoms with Gasteiger partial charge >= 0.3 is 5.69 Å². The van der Waals surface area contributed by atoms with Crippen LogP contribution in [0.2, 0.25) is 0 Å². The molecule has 0 unspecified atom stereocenters. The zero-order valence-corrected chi connectivity index (χ0v) is 9.95. The van der Waals surface area contributed by atoms with Gasteiger partial charge in [0, 0.05) is 11.8 Å². The fraction of sp³-hybridized carbons (Fsp3) is 0.0769. The largest absolute Gasteiger partial charge is 0.396 e. The molecule has 0 fully saturated rings. The van der Waals surface area contributed by atoms with Crippen molar-refractivity contribution in [2.45, 2.75) is 6.54 Å². The van der Waals surface area contributed by atoms with Crippen LogP contribution in [0.3, 0.4) is 0 Å². The fourth-order valence-electron chi connectivity index (χ4n) is 1.95. The van der Waals surface area contributed by atoms with E-state index in [1.165, 1.54) is 15.1 Å². The predicted molar refractivity (Wildman–Crippen MR) is 69.4 cm³/mol. The number of nitrogen functional groups attached to an aromatic ring is 1. The average molecular weight is 258 g/mol. The van der Waals surface area contributed by atoms with Crippen molar-refractivity contribution in [1.82, 2.24) is 14.2 Å². The summed E-state index contributed by atoms with van der Waals surface area (Å²) < 4.78 is 16.4. The summed E-state index contributed by atoms with van der Waals surface area (Å²) in [5.74, 6) is -0.508. The molecule has 96 valence electrons. The number of rotatable bonds is 2. The number of nitrogens with zero attached hydrogens (tertiary/aromatic N) is 3. The van der Waals surface area contributed by atoms with Crippen LogP contribution in [0.25, 0.3) is 5.65 Å². The van der Waals surface area contributed by atoms with E-state index in [0.29, 0.717) is 11.2 Å². The first-order valence-corrected chi connectivity index (χ1v) is 5.74. The molecular formula is C13H11FN4O. The van der Waals surface area contributed by atoms with Crippen molar-refractivity contribution in [3.05, 3.63) is 64.5 Å². The monoisotopic (exact) mass is 258 g/mol. The van der Waals surface area contributed by atoms with Crippen molar-refractivity contribution >= 4 is 11.3 Å². The Morgan fingerprint density at radius 1 is 1.21 bits per heavy atom. The molecule has 6 heteroatoms. The van der Waals surface area contributed by atoms with E-state index in [2.05, 4.69) is 5.10 Å². The summed E-state index contributed by atoms with van der Waals surface area (Å²) in [6.45, 7) is 0.0530. The molecule has 19 heavy (non-hydrogen) atoms. The Kier molecular flexibility index (Phi) is 2.56. The van der Waals surface area contributed by atoms with E-state index in [-0.39, 0.29) is 17.9 Å². The van der Waals surface area contributed by atoms with Crippen LogP contribution in [0, 0.1) is 5.82 Å². The lowest BCUT2D eigenvalue weighted by atomic mass is 10.2. The third-order valence-corrected chi connectivity index (χ3v) is 2.92. The van der Waals surface area contributed by atoms with Gasteiger partial charge in [0.2, 0.25) is 0 Å². The number of nitrogens with two attached hydrogens (primary N) is 1. The van der Waals surface area contributed by atoms with E-state index in [4.69, 9.17) is 5.73 Å². The van der Waals surface area contributed by atoms with Crippen LogP contribution in [0.5, 0.6) is 0 Å². The second kappa shape index (κ2) is 4.24. The normalized spacial score (nSPS) is 11.0. The number of benzene rings is 1. The van der Waals surface area contributed by atoms with E-state index in [0.717, 1.165) is 0 Å². The molecular weight excluding hydrogens is 247 g/mol. The molecule has 0 amide bonds. The highest BCUT2D eigenvalue weighted by Crippen LogP contribution is 2.15. The fourth-order valence-corrected chi connectivity index (χ4v) is 1.95. The lowest BCUT2D eigenvalue weighted by molar-refractivity contribution is 0.581. The van der Waals surface area contributed by atoms with Gasteiger partial charge in [-0.25, -0.2) is 13.9 Å². The number of hydrogen-bond acceptors (Lipinski definition) is 3. The summed E-state index contributed by atoms with van der Waals surface area (Å²) in [5, 5.41) is 4.14. The van der Waals surface area contributed by atoms with Crippen LogP contribution in [0.15, 0.2) is 47.4 Å². The zero-order valence-electron chi connectivity index (χ0n) is 9.95. The standard InChI is InChI=1S/C13H11FN4O/c14-12-9(4-3-5-10(12)15)8-18-13(19)17-7-2-1-6-11(17)16-18/h1-7H,8,15H2. The number of hydrogen-bond donors (Lipinski definition) is 1. The van der Waals surface area contributed by atoms with Crippen molar-refractivity contribution in [3.63, 3.8) is 0 Å². The Morgan fingerprint density at radius 3 is 2.84 bits per heavy atom. The minimum Gasteiger partial charge on any atom is -0.396 e. The Labute approximate surface area is 107 Å². The second-order valence-electron chi connectivity index (χ2n) is 4.19. The second-order valence-corrected chi connectivity index (χ2v) is 4.19. The van der Waals surface area contributed by atoms with Crippen LogP contribution in [0.4, 0.5) is 10.1 Å². The van der Waals surface area contributed by atoms with Crippen LogP contribution >= 0.6 is 0 Å². The van der Waals surface area contributed by atoms with E-state index >= 15 is 0 Å². The Bertz CT molecular complexity index is 806. The number of pyridine rings is 1. The van der Waals surface area contributed by atoms with Crippen LogP contribution in [-0.2, 0) is 6.54 Å². The molecule has 2 N–H and O–H groups in total. The Hall–Kier alpha value is -2.63. The summed E-state index contributed by atoms with van der Waals surface area (Å²) in [4.78, 5) is 12.0. The van der Waals surface area contributed by atoms with Gasteiger partial charge in [0.05, 0.1) is 12.2 Å². The van der Waals surface area contributed by atoms with Crippen LogP contribution in [0.1, 0.15) is 5.56 Å². The van der Waals surface area contributed by atoms with Crippen molar-refractivity contribution in [2.75, 3.05) is 5.73 Å². The molecule has 0 bridgehead atoms. The number of aromatic nitrogens is 3. The van der Waals surface area contributed by atoms with Gasteiger partial charge in [0.25, 0.3) is 0 Å². The minimum absolute atomic E-state index is 0.0530. The quantitative estimate of drug-likeness (QED) is 0.704. The highest BCUT2D eigenvalue weighted by Gasteiger charge is 2.10. The average Bonchev–Trinajstić information content (AvgIpc) is 2.73. The SMILES string of the molecule is Nc1cccc(Cn2nc3ccccn3c2=O)c1F. The third kappa shape index (κ3) is 1.87. The van der Waals surface area contributed by atoms with Crippen molar-refractivity contribution < 1.29 is 4.39 Å². The summed E-state index contributed by atoms with van der Waals surface area (Å²) in [6.07, 6.45) is 1.62. The first kappa shape index (κ1) is 11.5.